The van der Waals surface area contributed by atoms with Crippen LogP contribution in [0.15, 0.2) is 30.9 Å². The Bertz CT molecular complexity index is 572. The van der Waals surface area contributed by atoms with E-state index in [0.29, 0.717) is 11.8 Å². The van der Waals surface area contributed by atoms with Crippen molar-refractivity contribution in [3.8, 4) is 5.82 Å². The molecule has 1 aliphatic rings. The maximum atomic E-state index is 5.70. The first-order chi connectivity index (χ1) is 9.67. The topological polar surface area (TPSA) is 56.7 Å². The van der Waals surface area contributed by atoms with Gasteiger partial charge in [0.25, 0.3) is 0 Å². The molecule has 106 valence electrons. The van der Waals surface area contributed by atoms with Gasteiger partial charge in [-0.2, -0.15) is 0 Å². The Labute approximate surface area is 120 Å². The van der Waals surface area contributed by atoms with Crippen molar-refractivity contribution in [3.05, 3.63) is 42.1 Å². The van der Waals surface area contributed by atoms with Crippen molar-refractivity contribution >= 4 is 0 Å². The Kier molecular flexibility index (Phi) is 3.57. The molecule has 2 aromatic rings. The maximum Gasteiger partial charge on any atom is 0.137 e. The van der Waals surface area contributed by atoms with Crippen LogP contribution in [0, 0.1) is 18.8 Å². The fraction of sp³-hybridized carbons (Fsp3) is 0.500. The van der Waals surface area contributed by atoms with Crippen molar-refractivity contribution in [1.29, 1.82) is 0 Å². The predicted molar refractivity (Wildman–Crippen MR) is 79.8 cm³/mol. The first kappa shape index (κ1) is 13.3. The zero-order valence-corrected chi connectivity index (χ0v) is 12.2. The summed E-state index contributed by atoms with van der Waals surface area (Å²) in [6.07, 6.45) is 8.35. The first-order valence-electron chi connectivity index (χ1n) is 7.34. The monoisotopic (exact) mass is 270 g/mol. The number of nitrogens with zero attached hydrogens (tertiary/aromatic N) is 3. The van der Waals surface area contributed by atoms with Gasteiger partial charge in [-0.05, 0) is 49.8 Å². The molecule has 0 radical (unpaired) electrons. The zero-order chi connectivity index (χ0) is 14.1. The van der Waals surface area contributed by atoms with Crippen LogP contribution in [-0.4, -0.2) is 21.1 Å². The lowest BCUT2D eigenvalue weighted by atomic mass is 10.0. The highest BCUT2D eigenvalue weighted by Crippen LogP contribution is 2.50. The molecule has 2 N–H and O–H groups in total. The summed E-state index contributed by atoms with van der Waals surface area (Å²) in [5, 5.41) is 0. The van der Waals surface area contributed by atoms with Gasteiger partial charge in [0.1, 0.15) is 12.1 Å². The molecule has 0 bridgehead atoms. The summed E-state index contributed by atoms with van der Waals surface area (Å²) in [6.45, 7) is 5.05. The third-order valence-corrected chi connectivity index (χ3v) is 4.17. The molecule has 0 spiro atoms. The zero-order valence-electron chi connectivity index (χ0n) is 12.2. The number of pyridine rings is 1. The van der Waals surface area contributed by atoms with Crippen LogP contribution < -0.4 is 5.73 Å². The van der Waals surface area contributed by atoms with Crippen LogP contribution in [0.4, 0.5) is 0 Å². The average Bonchev–Trinajstić information content (AvgIpc) is 3.03. The molecule has 1 fully saturated rings. The summed E-state index contributed by atoms with van der Waals surface area (Å²) >= 11 is 0. The standard InChI is InChI=1S/C16H22N4/c1-11-3-4-16(18-8-11)20-9-15(19-10-20)14-6-13(14)5-12(2)7-17/h3-4,8-10,12-14H,5-7,17H2,1-2H3/t12-,13+,14-/m1/s1. The van der Waals surface area contributed by atoms with Gasteiger partial charge >= 0.3 is 0 Å². The average molecular weight is 270 g/mol. The van der Waals surface area contributed by atoms with Gasteiger partial charge < -0.3 is 5.73 Å². The number of imidazole rings is 1. The number of aryl methyl sites for hydroxylation is 1. The number of rotatable bonds is 5. The number of hydrogen-bond acceptors (Lipinski definition) is 3. The van der Waals surface area contributed by atoms with E-state index in [9.17, 15) is 0 Å². The van der Waals surface area contributed by atoms with Crippen LogP contribution in [0.25, 0.3) is 5.82 Å². The van der Waals surface area contributed by atoms with Crippen LogP contribution >= 0.6 is 0 Å². The predicted octanol–water partition coefficient (Wildman–Crippen LogP) is 2.66. The molecule has 3 atom stereocenters. The molecule has 0 aliphatic heterocycles. The summed E-state index contributed by atoms with van der Waals surface area (Å²) in [6, 6.07) is 4.10. The third-order valence-electron chi connectivity index (χ3n) is 4.17. The van der Waals surface area contributed by atoms with Crippen LogP contribution in [-0.2, 0) is 0 Å². The highest BCUT2D eigenvalue weighted by atomic mass is 15.1. The molecule has 0 unspecified atom stereocenters. The first-order valence-corrected chi connectivity index (χ1v) is 7.34. The van der Waals surface area contributed by atoms with E-state index in [4.69, 9.17) is 5.73 Å². The minimum atomic E-state index is 0.617. The van der Waals surface area contributed by atoms with E-state index in [2.05, 4.69) is 29.2 Å². The summed E-state index contributed by atoms with van der Waals surface area (Å²) < 4.78 is 2.01. The molecule has 2 heterocycles. The maximum absolute atomic E-state index is 5.70. The van der Waals surface area contributed by atoms with Gasteiger partial charge in [0, 0.05) is 18.3 Å². The number of nitrogens with two attached hydrogens (primary N) is 1. The van der Waals surface area contributed by atoms with Crippen LogP contribution in [0.5, 0.6) is 0 Å². The second-order valence-electron chi connectivity index (χ2n) is 6.08. The molecule has 0 aromatic carbocycles. The van der Waals surface area contributed by atoms with E-state index in [1.165, 1.54) is 24.1 Å². The van der Waals surface area contributed by atoms with E-state index < -0.39 is 0 Å². The molecule has 1 aliphatic carbocycles. The second kappa shape index (κ2) is 5.37. The summed E-state index contributed by atoms with van der Waals surface area (Å²) in [5.74, 6) is 2.94. The lowest BCUT2D eigenvalue weighted by Crippen LogP contribution is -2.11. The molecule has 4 nitrogen and oxygen atoms in total. The lowest BCUT2D eigenvalue weighted by Gasteiger charge is -2.06. The summed E-state index contributed by atoms with van der Waals surface area (Å²) in [5.41, 5.74) is 8.07. The smallest absolute Gasteiger partial charge is 0.137 e. The number of aromatic nitrogens is 3. The van der Waals surface area contributed by atoms with Crippen LogP contribution in [0.1, 0.15) is 36.9 Å². The van der Waals surface area contributed by atoms with Gasteiger partial charge in [0.05, 0.1) is 5.69 Å². The van der Waals surface area contributed by atoms with E-state index in [0.717, 1.165) is 18.3 Å². The van der Waals surface area contributed by atoms with Gasteiger partial charge in [-0.3, -0.25) is 4.57 Å². The highest BCUT2D eigenvalue weighted by Gasteiger charge is 2.40. The van der Waals surface area contributed by atoms with Crippen LogP contribution in [0.2, 0.25) is 0 Å². The quantitative estimate of drug-likeness (QED) is 0.908. The van der Waals surface area contributed by atoms with Gasteiger partial charge in [-0.1, -0.05) is 13.0 Å². The van der Waals surface area contributed by atoms with Gasteiger partial charge in [0.2, 0.25) is 0 Å². The molecular formula is C16H22N4. The SMILES string of the molecule is Cc1ccc(-n2cnc([C@@H]3C[C@@H]3C[C@@H](C)CN)c2)nc1. The van der Waals surface area contributed by atoms with Crippen molar-refractivity contribution in [2.24, 2.45) is 17.6 Å². The minimum absolute atomic E-state index is 0.617. The molecule has 0 amide bonds. The van der Waals surface area contributed by atoms with E-state index in [1.807, 2.05) is 30.1 Å². The Morgan fingerprint density at radius 2 is 2.25 bits per heavy atom. The molecule has 0 saturated heterocycles. The molecule has 3 rings (SSSR count). The number of hydrogen-bond donors (Lipinski definition) is 1. The molecule has 1 saturated carbocycles. The Morgan fingerprint density at radius 3 is 2.95 bits per heavy atom. The van der Waals surface area contributed by atoms with E-state index >= 15 is 0 Å². The van der Waals surface area contributed by atoms with E-state index in [1.54, 1.807) is 0 Å². The highest BCUT2D eigenvalue weighted by molar-refractivity contribution is 5.27. The lowest BCUT2D eigenvalue weighted by molar-refractivity contribution is 0.499. The fourth-order valence-electron chi connectivity index (χ4n) is 2.75. The Balaban J connectivity index is 1.68. The Morgan fingerprint density at radius 1 is 1.40 bits per heavy atom. The Hall–Kier alpha value is -1.68. The van der Waals surface area contributed by atoms with Gasteiger partial charge in [-0.25, -0.2) is 9.97 Å². The summed E-state index contributed by atoms with van der Waals surface area (Å²) in [7, 11) is 0. The van der Waals surface area contributed by atoms with Crippen molar-refractivity contribution in [2.75, 3.05) is 6.54 Å². The summed E-state index contributed by atoms with van der Waals surface area (Å²) in [4.78, 5) is 8.98. The minimum Gasteiger partial charge on any atom is -0.330 e. The third kappa shape index (κ3) is 2.75. The van der Waals surface area contributed by atoms with Crippen molar-refractivity contribution in [1.82, 2.24) is 14.5 Å². The largest absolute Gasteiger partial charge is 0.330 e. The van der Waals surface area contributed by atoms with Crippen molar-refractivity contribution < 1.29 is 0 Å². The van der Waals surface area contributed by atoms with Crippen molar-refractivity contribution in [2.45, 2.75) is 32.6 Å². The van der Waals surface area contributed by atoms with Gasteiger partial charge in [0.15, 0.2) is 0 Å². The molecular weight excluding hydrogens is 248 g/mol. The van der Waals surface area contributed by atoms with Crippen molar-refractivity contribution in [3.63, 3.8) is 0 Å². The molecule has 20 heavy (non-hydrogen) atoms. The molecule has 4 heteroatoms. The van der Waals surface area contributed by atoms with Crippen LogP contribution in [0.3, 0.4) is 0 Å². The van der Waals surface area contributed by atoms with E-state index in [-0.39, 0.29) is 0 Å². The fourth-order valence-corrected chi connectivity index (χ4v) is 2.75. The second-order valence-corrected chi connectivity index (χ2v) is 6.08. The van der Waals surface area contributed by atoms with Gasteiger partial charge in [-0.15, -0.1) is 0 Å². The molecule has 2 aromatic heterocycles. The normalized spacial score (nSPS) is 22.8.